The Morgan fingerprint density at radius 3 is 2.71 bits per heavy atom. The number of carbonyl (C=O) groups excluding carboxylic acids is 1. The van der Waals surface area contributed by atoms with Crippen molar-refractivity contribution < 1.29 is 18.9 Å². The third-order valence-corrected chi connectivity index (χ3v) is 4.21. The molecule has 0 unspecified atom stereocenters. The van der Waals surface area contributed by atoms with Gasteiger partial charge in [-0.1, -0.05) is 18.2 Å². The van der Waals surface area contributed by atoms with Crippen LogP contribution in [0.4, 0.5) is 5.69 Å². The molecule has 0 aliphatic heterocycles. The Bertz CT molecular complexity index is 1020. The molecule has 9 heteroatoms. The van der Waals surface area contributed by atoms with Crippen molar-refractivity contribution in [1.29, 1.82) is 0 Å². The van der Waals surface area contributed by atoms with E-state index in [1.54, 1.807) is 30.3 Å². The monoisotopic (exact) mass is 443 g/mol. The number of para-hydroxylation sites is 1. The molecule has 0 saturated heterocycles. The lowest BCUT2D eigenvalue weighted by atomic mass is 10.1. The second-order valence-corrected chi connectivity index (χ2v) is 6.37. The molecule has 2 aromatic carbocycles. The van der Waals surface area contributed by atoms with Crippen LogP contribution in [0, 0.1) is 10.1 Å². The van der Waals surface area contributed by atoms with Crippen LogP contribution in [0.25, 0.3) is 11.3 Å². The molecule has 0 atom stereocenters. The van der Waals surface area contributed by atoms with Gasteiger partial charge in [0.2, 0.25) is 0 Å². The van der Waals surface area contributed by atoms with Crippen molar-refractivity contribution in [2.75, 3.05) is 6.61 Å². The molecule has 0 fully saturated rings. The molecule has 3 rings (SSSR count). The number of carbonyl (C=O) groups is 1. The lowest BCUT2D eigenvalue weighted by Crippen LogP contribution is -2.24. The Morgan fingerprint density at radius 1 is 1.21 bits per heavy atom. The Hall–Kier alpha value is -3.46. The lowest BCUT2D eigenvalue weighted by molar-refractivity contribution is -0.384. The first-order chi connectivity index (χ1) is 13.5. The zero-order valence-corrected chi connectivity index (χ0v) is 16.0. The van der Waals surface area contributed by atoms with E-state index in [4.69, 9.17) is 9.15 Å². The number of nitro groups is 1. The second-order valence-electron chi connectivity index (χ2n) is 5.52. The van der Waals surface area contributed by atoms with Gasteiger partial charge in [0, 0.05) is 22.2 Å². The van der Waals surface area contributed by atoms with Gasteiger partial charge in [0.1, 0.15) is 17.3 Å². The predicted molar refractivity (Wildman–Crippen MR) is 106 cm³/mol. The highest BCUT2D eigenvalue weighted by Gasteiger charge is 2.13. The number of rotatable bonds is 7. The van der Waals surface area contributed by atoms with Gasteiger partial charge in [-0.25, -0.2) is 5.43 Å². The van der Waals surface area contributed by atoms with E-state index < -0.39 is 10.8 Å². The van der Waals surface area contributed by atoms with Crippen LogP contribution >= 0.6 is 15.9 Å². The van der Waals surface area contributed by atoms with Crippen LogP contribution in [0.2, 0.25) is 0 Å². The van der Waals surface area contributed by atoms with Gasteiger partial charge in [-0.2, -0.15) is 5.10 Å². The summed E-state index contributed by atoms with van der Waals surface area (Å²) in [6, 6.07) is 16.7. The van der Waals surface area contributed by atoms with Crippen LogP contribution in [0.3, 0.4) is 0 Å². The van der Waals surface area contributed by atoms with Crippen LogP contribution in [0.5, 0.6) is 5.75 Å². The molecule has 1 aromatic heterocycles. The van der Waals surface area contributed by atoms with E-state index >= 15 is 0 Å². The molecule has 0 bridgehead atoms. The minimum Gasteiger partial charge on any atom is -0.484 e. The maximum Gasteiger partial charge on any atom is 0.277 e. The number of halogens is 1. The fraction of sp³-hybridized carbons (Fsp3) is 0.0526. The molecule has 0 radical (unpaired) electrons. The van der Waals surface area contributed by atoms with Gasteiger partial charge >= 0.3 is 0 Å². The summed E-state index contributed by atoms with van der Waals surface area (Å²) in [5, 5.41) is 14.6. The van der Waals surface area contributed by atoms with Crippen LogP contribution in [-0.2, 0) is 4.79 Å². The zero-order valence-electron chi connectivity index (χ0n) is 14.4. The van der Waals surface area contributed by atoms with E-state index in [1.807, 2.05) is 18.2 Å². The van der Waals surface area contributed by atoms with Crippen LogP contribution in [0.1, 0.15) is 5.76 Å². The number of nitro benzene ring substituents is 1. The van der Waals surface area contributed by atoms with Gasteiger partial charge in [-0.3, -0.25) is 14.9 Å². The summed E-state index contributed by atoms with van der Waals surface area (Å²) >= 11 is 3.30. The van der Waals surface area contributed by atoms with Crippen molar-refractivity contribution in [3.05, 3.63) is 81.0 Å². The lowest BCUT2D eigenvalue weighted by Gasteiger charge is -2.03. The van der Waals surface area contributed by atoms with Gasteiger partial charge in [0.05, 0.1) is 11.1 Å². The summed E-state index contributed by atoms with van der Waals surface area (Å²) in [7, 11) is 0. The number of hydrazone groups is 1. The Labute approximate surface area is 168 Å². The summed E-state index contributed by atoms with van der Waals surface area (Å²) in [5.74, 6) is 1.09. The van der Waals surface area contributed by atoms with Crippen LogP contribution < -0.4 is 10.2 Å². The molecule has 1 N–H and O–H groups in total. The highest BCUT2D eigenvalue weighted by atomic mass is 79.9. The second kappa shape index (κ2) is 8.96. The molecule has 8 nitrogen and oxygen atoms in total. The van der Waals surface area contributed by atoms with E-state index in [9.17, 15) is 14.9 Å². The fourth-order valence-corrected chi connectivity index (χ4v) is 2.81. The van der Waals surface area contributed by atoms with Gasteiger partial charge in [-0.05, 0) is 46.3 Å². The average Bonchev–Trinajstić information content (AvgIpc) is 3.15. The Balaban J connectivity index is 1.57. The molecular weight excluding hydrogens is 430 g/mol. The van der Waals surface area contributed by atoms with Gasteiger partial charge in [-0.15, -0.1) is 0 Å². The van der Waals surface area contributed by atoms with Crippen LogP contribution in [-0.4, -0.2) is 23.7 Å². The summed E-state index contributed by atoms with van der Waals surface area (Å²) < 4.78 is 11.5. The average molecular weight is 444 g/mol. The number of benzene rings is 2. The summed E-state index contributed by atoms with van der Waals surface area (Å²) in [4.78, 5) is 22.1. The number of ether oxygens (including phenoxy) is 1. The smallest absolute Gasteiger partial charge is 0.277 e. The Kier molecular flexibility index (Phi) is 6.18. The first-order valence-corrected chi connectivity index (χ1v) is 8.86. The number of nitrogens with one attached hydrogen (secondary N) is 1. The van der Waals surface area contributed by atoms with E-state index in [0.717, 1.165) is 0 Å². The number of hydrogen-bond acceptors (Lipinski definition) is 6. The number of amides is 1. The Morgan fingerprint density at radius 2 is 2.00 bits per heavy atom. The van der Waals surface area contributed by atoms with Gasteiger partial charge in [0.25, 0.3) is 11.6 Å². The van der Waals surface area contributed by atoms with Crippen molar-refractivity contribution >= 4 is 33.7 Å². The number of furan rings is 1. The third kappa shape index (κ3) is 5.04. The van der Waals surface area contributed by atoms with Crippen molar-refractivity contribution in [3.8, 4) is 17.1 Å². The first-order valence-electron chi connectivity index (χ1n) is 8.07. The summed E-state index contributed by atoms with van der Waals surface area (Å²) in [6.45, 7) is -0.166. The van der Waals surface area contributed by atoms with Crippen molar-refractivity contribution in [2.24, 2.45) is 5.10 Å². The normalized spacial score (nSPS) is 10.8. The first kappa shape index (κ1) is 19.3. The third-order valence-electron chi connectivity index (χ3n) is 3.55. The number of hydrogen-bond donors (Lipinski definition) is 1. The maximum atomic E-state index is 11.7. The minimum atomic E-state index is -0.473. The molecule has 0 saturated carbocycles. The highest BCUT2D eigenvalue weighted by molar-refractivity contribution is 9.10. The number of non-ortho nitro benzene ring substituents is 1. The predicted octanol–water partition coefficient (Wildman–Crippen LogP) is 4.15. The molecule has 1 amide bonds. The van der Waals surface area contributed by atoms with E-state index in [-0.39, 0.29) is 12.3 Å². The molecule has 0 aliphatic rings. The molecular formula is C19H14BrN3O5. The molecule has 0 spiro atoms. The maximum absolute atomic E-state index is 11.7. The topological polar surface area (TPSA) is 107 Å². The van der Waals surface area contributed by atoms with E-state index in [0.29, 0.717) is 27.3 Å². The van der Waals surface area contributed by atoms with Gasteiger partial charge < -0.3 is 9.15 Å². The standard InChI is InChI=1S/C19H14BrN3O5/c20-17-10-13(23(25)26)6-8-16(17)18-9-7-15(28-18)11-21-22-19(24)12-27-14-4-2-1-3-5-14/h1-11H,12H2,(H,22,24)/b21-11-. The summed E-state index contributed by atoms with van der Waals surface area (Å²) in [5.41, 5.74) is 2.98. The van der Waals surface area contributed by atoms with Crippen molar-refractivity contribution in [3.63, 3.8) is 0 Å². The highest BCUT2D eigenvalue weighted by Crippen LogP contribution is 2.32. The van der Waals surface area contributed by atoms with Crippen molar-refractivity contribution in [2.45, 2.75) is 0 Å². The fourth-order valence-electron chi connectivity index (χ4n) is 2.25. The largest absolute Gasteiger partial charge is 0.484 e. The quantitative estimate of drug-likeness (QED) is 0.335. The van der Waals surface area contributed by atoms with Crippen molar-refractivity contribution in [1.82, 2.24) is 5.43 Å². The molecule has 28 heavy (non-hydrogen) atoms. The summed E-state index contributed by atoms with van der Waals surface area (Å²) in [6.07, 6.45) is 1.35. The molecule has 142 valence electrons. The number of nitrogens with zero attached hydrogens (tertiary/aromatic N) is 2. The van der Waals surface area contributed by atoms with Crippen LogP contribution in [0.15, 0.2) is 74.7 Å². The molecule has 3 aromatic rings. The SMILES string of the molecule is O=C(COc1ccccc1)N/N=C\c1ccc(-c2ccc([N+](=O)[O-])cc2Br)o1. The van der Waals surface area contributed by atoms with E-state index in [2.05, 4.69) is 26.5 Å². The zero-order chi connectivity index (χ0) is 19.9. The molecule has 0 aliphatic carbocycles. The van der Waals surface area contributed by atoms with E-state index in [1.165, 1.54) is 18.3 Å². The van der Waals surface area contributed by atoms with Gasteiger partial charge in [0.15, 0.2) is 6.61 Å². The minimum absolute atomic E-state index is 0.0237. The molecule has 1 heterocycles.